The minimum absolute atomic E-state index is 0.00283. The Labute approximate surface area is 132 Å². The fraction of sp³-hybridized carbons (Fsp3) is 0.706. The summed E-state index contributed by atoms with van der Waals surface area (Å²) in [5.74, 6) is 1.55. The Balaban J connectivity index is 1.41. The second kappa shape index (κ2) is 7.29. The summed E-state index contributed by atoms with van der Waals surface area (Å²) in [5.41, 5.74) is 0.664. The van der Waals surface area contributed by atoms with Crippen LogP contribution in [0.5, 0.6) is 0 Å². The van der Waals surface area contributed by atoms with Gasteiger partial charge < -0.3 is 20.0 Å². The number of piperidine rings is 2. The van der Waals surface area contributed by atoms with Gasteiger partial charge in [-0.3, -0.25) is 4.79 Å². The largest absolute Gasteiger partial charge is 0.469 e. The molecule has 2 aliphatic rings. The highest BCUT2D eigenvalue weighted by Crippen LogP contribution is 2.18. The summed E-state index contributed by atoms with van der Waals surface area (Å²) in [6.45, 7) is 7.58. The van der Waals surface area contributed by atoms with Crippen molar-refractivity contribution in [2.75, 3.05) is 32.7 Å². The van der Waals surface area contributed by atoms with Gasteiger partial charge in [0.25, 0.3) is 5.91 Å². The predicted molar refractivity (Wildman–Crippen MR) is 86.0 cm³/mol. The van der Waals surface area contributed by atoms with Crippen LogP contribution in [0.2, 0.25) is 0 Å². The van der Waals surface area contributed by atoms with Gasteiger partial charge in [0, 0.05) is 25.7 Å². The highest BCUT2D eigenvalue weighted by molar-refractivity contribution is 5.95. The average molecular weight is 305 g/mol. The van der Waals surface area contributed by atoms with Crippen molar-refractivity contribution in [1.29, 1.82) is 0 Å². The van der Waals surface area contributed by atoms with Gasteiger partial charge in [-0.1, -0.05) is 0 Å². The van der Waals surface area contributed by atoms with Crippen LogP contribution in [0, 0.1) is 12.8 Å². The van der Waals surface area contributed by atoms with Crippen molar-refractivity contribution in [1.82, 2.24) is 15.5 Å². The summed E-state index contributed by atoms with van der Waals surface area (Å²) in [5, 5.41) is 6.58. The zero-order valence-electron chi connectivity index (χ0n) is 13.4. The summed E-state index contributed by atoms with van der Waals surface area (Å²) in [4.78, 5) is 14.8. The standard InChI is InChI=1S/C17H27N3O2/c1-13-16(6-11-22-13)17(21)19-15-4-9-20(10-5-15)12-14-2-7-18-8-3-14/h6,11,14-15,18H,2-5,7-10,12H2,1H3,(H,19,21). The van der Waals surface area contributed by atoms with Crippen LogP contribution in [0.3, 0.4) is 0 Å². The smallest absolute Gasteiger partial charge is 0.255 e. The molecule has 1 aromatic heterocycles. The Morgan fingerprint density at radius 2 is 2.05 bits per heavy atom. The zero-order valence-corrected chi connectivity index (χ0v) is 13.4. The van der Waals surface area contributed by atoms with E-state index < -0.39 is 0 Å². The van der Waals surface area contributed by atoms with E-state index in [-0.39, 0.29) is 5.91 Å². The van der Waals surface area contributed by atoms with Crippen molar-refractivity contribution >= 4 is 5.91 Å². The number of hydrogen-bond donors (Lipinski definition) is 2. The van der Waals surface area contributed by atoms with Gasteiger partial charge in [0.05, 0.1) is 11.8 Å². The van der Waals surface area contributed by atoms with Crippen molar-refractivity contribution in [2.45, 2.75) is 38.6 Å². The number of nitrogens with zero attached hydrogens (tertiary/aromatic N) is 1. The summed E-state index contributed by atoms with van der Waals surface area (Å²) >= 11 is 0. The van der Waals surface area contributed by atoms with Gasteiger partial charge >= 0.3 is 0 Å². The molecule has 0 radical (unpaired) electrons. The third-order valence-electron chi connectivity index (χ3n) is 5.00. The van der Waals surface area contributed by atoms with E-state index in [0.717, 1.165) is 31.8 Å². The summed E-state index contributed by atoms with van der Waals surface area (Å²) in [6.07, 6.45) is 6.28. The highest BCUT2D eigenvalue weighted by Gasteiger charge is 2.24. The summed E-state index contributed by atoms with van der Waals surface area (Å²) in [7, 11) is 0. The van der Waals surface area contributed by atoms with E-state index in [1.54, 1.807) is 12.3 Å². The minimum atomic E-state index is 0.00283. The first-order chi connectivity index (χ1) is 10.7. The quantitative estimate of drug-likeness (QED) is 0.890. The third kappa shape index (κ3) is 3.90. The Bertz CT molecular complexity index is 486. The van der Waals surface area contributed by atoms with Gasteiger partial charge in [0.15, 0.2) is 0 Å². The van der Waals surface area contributed by atoms with Crippen LogP contribution < -0.4 is 10.6 Å². The Morgan fingerprint density at radius 3 is 2.68 bits per heavy atom. The second-order valence-electron chi connectivity index (χ2n) is 6.63. The lowest BCUT2D eigenvalue weighted by Crippen LogP contribution is -2.46. The topological polar surface area (TPSA) is 57.5 Å². The normalized spacial score (nSPS) is 21.9. The predicted octanol–water partition coefficient (Wildman–Crippen LogP) is 1.78. The van der Waals surface area contributed by atoms with E-state index in [9.17, 15) is 4.79 Å². The number of amides is 1. The highest BCUT2D eigenvalue weighted by atomic mass is 16.3. The maximum Gasteiger partial charge on any atom is 0.255 e. The van der Waals surface area contributed by atoms with Crippen LogP contribution in [0.25, 0.3) is 0 Å². The maximum atomic E-state index is 12.2. The number of likely N-dealkylation sites (tertiary alicyclic amines) is 1. The number of nitrogens with one attached hydrogen (secondary N) is 2. The van der Waals surface area contributed by atoms with Gasteiger partial charge in [-0.05, 0) is 57.7 Å². The Morgan fingerprint density at radius 1 is 1.32 bits per heavy atom. The minimum Gasteiger partial charge on any atom is -0.469 e. The SMILES string of the molecule is Cc1occc1C(=O)NC1CCN(CC2CCNCC2)CC1. The number of furan rings is 1. The molecule has 2 fully saturated rings. The average Bonchev–Trinajstić information content (AvgIpc) is 2.96. The molecular weight excluding hydrogens is 278 g/mol. The molecule has 2 aliphatic heterocycles. The molecule has 3 heterocycles. The Hall–Kier alpha value is -1.33. The van der Waals surface area contributed by atoms with Crippen LogP contribution in [0.4, 0.5) is 0 Å². The molecule has 2 N–H and O–H groups in total. The summed E-state index contributed by atoms with van der Waals surface area (Å²) < 4.78 is 5.20. The molecule has 0 aromatic carbocycles. The fourth-order valence-corrected chi connectivity index (χ4v) is 3.57. The van der Waals surface area contributed by atoms with Crippen molar-refractivity contribution in [3.05, 3.63) is 23.7 Å². The molecule has 122 valence electrons. The van der Waals surface area contributed by atoms with Crippen molar-refractivity contribution in [3.8, 4) is 0 Å². The molecule has 3 rings (SSSR count). The number of rotatable bonds is 4. The van der Waals surface area contributed by atoms with Gasteiger partial charge in [0.2, 0.25) is 0 Å². The summed E-state index contributed by atoms with van der Waals surface area (Å²) in [6, 6.07) is 2.04. The van der Waals surface area contributed by atoms with Crippen LogP contribution in [0.15, 0.2) is 16.7 Å². The lowest BCUT2D eigenvalue weighted by atomic mass is 9.96. The van der Waals surface area contributed by atoms with Gasteiger partial charge in [-0.15, -0.1) is 0 Å². The lowest BCUT2D eigenvalue weighted by Gasteiger charge is -2.35. The number of hydrogen-bond acceptors (Lipinski definition) is 4. The van der Waals surface area contributed by atoms with Crippen LogP contribution in [0.1, 0.15) is 41.8 Å². The van der Waals surface area contributed by atoms with E-state index in [1.807, 2.05) is 6.92 Å². The van der Waals surface area contributed by atoms with Gasteiger partial charge in [-0.25, -0.2) is 0 Å². The maximum absolute atomic E-state index is 12.2. The third-order valence-corrected chi connectivity index (χ3v) is 5.00. The lowest BCUT2D eigenvalue weighted by molar-refractivity contribution is 0.0901. The van der Waals surface area contributed by atoms with Crippen molar-refractivity contribution in [3.63, 3.8) is 0 Å². The molecule has 22 heavy (non-hydrogen) atoms. The van der Waals surface area contributed by atoms with E-state index >= 15 is 0 Å². The van der Waals surface area contributed by atoms with Crippen molar-refractivity contribution < 1.29 is 9.21 Å². The fourth-order valence-electron chi connectivity index (χ4n) is 3.57. The van der Waals surface area contributed by atoms with Crippen LogP contribution in [-0.2, 0) is 0 Å². The number of carbonyl (C=O) groups excluding carboxylic acids is 1. The van der Waals surface area contributed by atoms with E-state index in [0.29, 0.717) is 17.4 Å². The molecule has 1 amide bonds. The van der Waals surface area contributed by atoms with Crippen LogP contribution >= 0.6 is 0 Å². The van der Waals surface area contributed by atoms with Gasteiger partial charge in [0.1, 0.15) is 5.76 Å². The molecule has 0 spiro atoms. The van der Waals surface area contributed by atoms with Crippen LogP contribution in [-0.4, -0.2) is 49.6 Å². The van der Waals surface area contributed by atoms with E-state index in [4.69, 9.17) is 4.42 Å². The first-order valence-corrected chi connectivity index (χ1v) is 8.50. The van der Waals surface area contributed by atoms with Gasteiger partial charge in [-0.2, -0.15) is 0 Å². The molecule has 1 aromatic rings. The molecule has 0 aliphatic carbocycles. The zero-order chi connectivity index (χ0) is 15.4. The molecule has 0 saturated carbocycles. The monoisotopic (exact) mass is 305 g/mol. The molecule has 0 bridgehead atoms. The van der Waals surface area contributed by atoms with E-state index in [1.165, 1.54) is 32.5 Å². The molecular formula is C17H27N3O2. The molecule has 0 unspecified atom stereocenters. The van der Waals surface area contributed by atoms with Crippen molar-refractivity contribution in [2.24, 2.45) is 5.92 Å². The first kappa shape index (κ1) is 15.6. The molecule has 5 nitrogen and oxygen atoms in total. The molecule has 0 atom stereocenters. The second-order valence-corrected chi connectivity index (χ2v) is 6.63. The number of aryl methyl sites for hydroxylation is 1. The molecule has 2 saturated heterocycles. The first-order valence-electron chi connectivity index (χ1n) is 8.50. The van der Waals surface area contributed by atoms with E-state index in [2.05, 4.69) is 15.5 Å². The number of carbonyl (C=O) groups is 1. The molecule has 5 heteroatoms. The Kier molecular flexibility index (Phi) is 5.16.